The minimum Gasteiger partial charge on any atom is -0.508 e. The summed E-state index contributed by atoms with van der Waals surface area (Å²) in [5.74, 6) is 2.15. The van der Waals surface area contributed by atoms with Crippen LogP contribution in [-0.2, 0) is 48.7 Å². The zero-order valence-corrected chi connectivity index (χ0v) is 63.2. The lowest BCUT2D eigenvalue weighted by Crippen LogP contribution is -2.08. The monoisotopic (exact) mass is 1490 g/mol. The number of hydrogen-bond donors (Lipinski definition) is 14. The average molecular weight is 1490 g/mol. The van der Waals surface area contributed by atoms with Gasteiger partial charge in [-0.3, -0.25) is 0 Å². The van der Waals surface area contributed by atoms with Crippen LogP contribution in [0.25, 0.3) is 0 Å². The Morgan fingerprint density at radius 2 is 0.633 bits per heavy atom. The molecule has 0 aromatic heterocycles. The summed E-state index contributed by atoms with van der Waals surface area (Å²) < 4.78 is 14.6. The van der Waals surface area contributed by atoms with E-state index in [0.717, 1.165) is 95.3 Å². The van der Waals surface area contributed by atoms with E-state index in [1.165, 1.54) is 14.2 Å². The van der Waals surface area contributed by atoms with E-state index in [4.69, 9.17) is 21.1 Å². The lowest BCUT2D eigenvalue weighted by Gasteiger charge is -2.12. The number of anilines is 6. The fourth-order valence-corrected chi connectivity index (χ4v) is 10.9. The number of benzene rings is 12. The maximum atomic E-state index is 11.7. The number of phenols is 8. The first-order valence-corrected chi connectivity index (χ1v) is 35.2. The molecule has 14 N–H and O–H groups in total. The highest BCUT2D eigenvalue weighted by molar-refractivity contribution is 6.30. The summed E-state index contributed by atoms with van der Waals surface area (Å²) in [5.41, 5.74) is 17.5. The number of aromatic hydroxyl groups is 8. The largest absolute Gasteiger partial charge is 0.508 e. The van der Waals surface area contributed by atoms with Crippen molar-refractivity contribution in [3.8, 4) is 51.7 Å². The zero-order valence-electron chi connectivity index (χ0n) is 62.5. The van der Waals surface area contributed by atoms with Gasteiger partial charge in [0.15, 0.2) is 0 Å². The Labute approximate surface area is 642 Å². The van der Waals surface area contributed by atoms with Gasteiger partial charge < -0.3 is 87.0 Å². The fourth-order valence-electron chi connectivity index (χ4n) is 10.7. The van der Waals surface area contributed by atoms with Gasteiger partial charge in [0.25, 0.3) is 0 Å². The number of halogens is 1. The molecule has 0 radical (unpaired) electrons. The van der Waals surface area contributed by atoms with Crippen LogP contribution in [0.4, 0.5) is 34.1 Å². The summed E-state index contributed by atoms with van der Waals surface area (Å²) in [7, 11) is 4.35. The van der Waals surface area contributed by atoms with E-state index in [9.17, 15) is 50.4 Å². The van der Waals surface area contributed by atoms with Crippen molar-refractivity contribution in [2.75, 3.05) is 53.2 Å². The van der Waals surface area contributed by atoms with Gasteiger partial charge in [0.2, 0.25) is 0 Å². The summed E-state index contributed by atoms with van der Waals surface area (Å²) in [4.78, 5) is 23.1. The summed E-state index contributed by atoms with van der Waals surface area (Å²) in [6.45, 7) is 15.0. The van der Waals surface area contributed by atoms with Crippen LogP contribution in [0.5, 0.6) is 51.7 Å². The molecule has 12 rings (SSSR count). The number of hydrogen-bond acceptors (Lipinski definition) is 19. The fraction of sp³-hybridized carbons (Fsp3) is 0.169. The molecule has 12 aromatic carbocycles. The van der Waals surface area contributed by atoms with Gasteiger partial charge in [0.05, 0.1) is 38.1 Å². The Morgan fingerprint density at radius 3 is 1.02 bits per heavy atom. The van der Waals surface area contributed by atoms with E-state index in [-0.39, 0.29) is 46.4 Å². The Balaban J connectivity index is 0.000000182. The highest BCUT2D eigenvalue weighted by atomic mass is 35.5. The van der Waals surface area contributed by atoms with Crippen molar-refractivity contribution in [1.82, 2.24) is 0 Å². The molecule has 0 heterocycles. The predicted octanol–water partition coefficient (Wildman–Crippen LogP) is 19.5. The summed E-state index contributed by atoms with van der Waals surface area (Å²) in [6, 6.07) is 76.3. The minimum absolute atomic E-state index is 0.208. The quantitative estimate of drug-likeness (QED) is 0.0235. The Morgan fingerprint density at radius 1 is 0.303 bits per heavy atom. The van der Waals surface area contributed by atoms with Crippen molar-refractivity contribution >= 4 is 57.7 Å². The highest BCUT2D eigenvalue weighted by Crippen LogP contribution is 2.29. The third-order valence-electron chi connectivity index (χ3n) is 16.5. The molecule has 0 aliphatic heterocycles. The van der Waals surface area contributed by atoms with Crippen molar-refractivity contribution in [2.24, 2.45) is 0 Å². The van der Waals surface area contributed by atoms with Crippen LogP contribution in [0.3, 0.4) is 0 Å². The van der Waals surface area contributed by atoms with Crippen LogP contribution in [0.2, 0.25) is 5.02 Å². The Hall–Kier alpha value is -13.1. The van der Waals surface area contributed by atoms with Gasteiger partial charge in [-0.1, -0.05) is 166 Å². The molecule has 20 heteroatoms. The van der Waals surface area contributed by atoms with Crippen molar-refractivity contribution in [2.45, 2.75) is 80.8 Å². The van der Waals surface area contributed by atoms with Crippen LogP contribution >= 0.6 is 11.6 Å². The van der Waals surface area contributed by atoms with Gasteiger partial charge >= 0.3 is 11.9 Å². The maximum Gasteiger partial charge on any atom is 0.339 e. The number of rotatable bonds is 21. The molecule has 0 fully saturated rings. The van der Waals surface area contributed by atoms with Crippen LogP contribution in [0, 0.1) is 41.5 Å². The SMILES string of the molecule is COC(=O)c1cccc(NCc2cc(C)ccc2O)c1.COC(=O)c1ccccc1NCc1cc(C)ccc1O.COc1cccc(NCc2cc(C)ccc2O)c1.Cc1ccc(O)c(CNc2cccc(Cl)c2)c1.Cc1ccc(O)c(CNc2cccc(O)c2)c1.Cc1ccc(O)c(CNc2ccccc2O)c1. The molecule has 0 spiro atoms. The first-order chi connectivity index (χ1) is 52.4. The van der Waals surface area contributed by atoms with E-state index >= 15 is 0 Å². The van der Waals surface area contributed by atoms with Crippen LogP contribution < -0.4 is 36.6 Å². The summed E-state index contributed by atoms with van der Waals surface area (Å²) in [5, 5.41) is 97.1. The van der Waals surface area contributed by atoms with Crippen LogP contribution in [-0.4, -0.2) is 74.1 Å². The summed E-state index contributed by atoms with van der Waals surface area (Å²) >= 11 is 5.89. The van der Waals surface area contributed by atoms with E-state index in [0.29, 0.717) is 78.3 Å². The number of nitrogens with one attached hydrogen (secondary N) is 6. The van der Waals surface area contributed by atoms with Crippen LogP contribution in [0.15, 0.2) is 255 Å². The number of aryl methyl sites for hydroxylation is 6. The van der Waals surface area contributed by atoms with Crippen molar-refractivity contribution in [3.63, 3.8) is 0 Å². The van der Waals surface area contributed by atoms with Gasteiger partial charge in [0.1, 0.15) is 51.7 Å². The molecule has 0 amide bonds. The smallest absolute Gasteiger partial charge is 0.339 e. The van der Waals surface area contributed by atoms with E-state index in [1.807, 2.05) is 187 Å². The van der Waals surface area contributed by atoms with Gasteiger partial charge in [-0.15, -0.1) is 0 Å². The molecule has 0 unspecified atom stereocenters. The first kappa shape index (κ1) is 83.1. The number of ether oxygens (including phenoxy) is 3. The normalized spacial score (nSPS) is 10.1. The Kier molecular flexibility index (Phi) is 32.6. The molecule has 109 heavy (non-hydrogen) atoms. The van der Waals surface area contributed by atoms with Crippen molar-refractivity contribution in [3.05, 3.63) is 338 Å². The number of phenolic OH excluding ortho intramolecular Hbond substituents is 8. The lowest BCUT2D eigenvalue weighted by atomic mass is 10.1. The van der Waals surface area contributed by atoms with Crippen molar-refractivity contribution in [1.29, 1.82) is 0 Å². The maximum absolute atomic E-state index is 11.7. The van der Waals surface area contributed by atoms with E-state index < -0.39 is 0 Å². The second-order valence-electron chi connectivity index (χ2n) is 25.3. The molecule has 0 bridgehead atoms. The second kappa shape index (κ2) is 42.7. The average Bonchev–Trinajstić information content (AvgIpc) is 0.864. The molecule has 566 valence electrons. The molecule has 0 atom stereocenters. The zero-order chi connectivity index (χ0) is 78.8. The van der Waals surface area contributed by atoms with Gasteiger partial charge in [-0.25, -0.2) is 9.59 Å². The van der Waals surface area contributed by atoms with Crippen LogP contribution in [0.1, 0.15) is 87.5 Å². The number of methoxy groups -OCH3 is 3. The number of esters is 2. The molecule has 12 aromatic rings. The number of carbonyl (C=O) groups is 2. The highest BCUT2D eigenvalue weighted by Gasteiger charge is 2.13. The lowest BCUT2D eigenvalue weighted by molar-refractivity contribution is 0.0592. The minimum atomic E-state index is -0.387. The van der Waals surface area contributed by atoms with E-state index in [1.54, 1.807) is 116 Å². The molecule has 19 nitrogen and oxygen atoms in total. The molecule has 0 aliphatic rings. The summed E-state index contributed by atoms with van der Waals surface area (Å²) in [6.07, 6.45) is 0. The van der Waals surface area contributed by atoms with Gasteiger partial charge in [-0.2, -0.15) is 0 Å². The Bertz CT molecular complexity index is 4840. The number of para-hydroxylation sites is 3. The van der Waals surface area contributed by atoms with E-state index in [2.05, 4.69) is 36.6 Å². The topological polar surface area (TPSA) is 296 Å². The third kappa shape index (κ3) is 28.0. The van der Waals surface area contributed by atoms with Crippen molar-refractivity contribution < 1.29 is 64.7 Å². The first-order valence-electron chi connectivity index (χ1n) is 34.8. The molecule has 0 saturated carbocycles. The molecule has 0 aliphatic carbocycles. The molecular weight excluding hydrogens is 1400 g/mol. The number of carbonyl (C=O) groups excluding carboxylic acids is 2. The molecule has 0 saturated heterocycles. The predicted molar refractivity (Wildman–Crippen MR) is 437 cm³/mol. The molecular formula is C89H95ClN6O13. The third-order valence-corrected chi connectivity index (χ3v) is 16.8. The second-order valence-corrected chi connectivity index (χ2v) is 25.8. The van der Waals surface area contributed by atoms with Gasteiger partial charge in [0, 0.05) is 118 Å². The standard InChI is InChI=1S/2C16H17NO3.C15H17NO2.C14H14ClNO.2C14H15NO2/c1-11-6-7-15(18)13(8-11)10-17-14-5-3-4-12(9-14)16(19)20-2;1-11-7-8-15(18)12(9-11)10-17-14-6-4-3-5-13(14)16(19)20-2;1-11-6-7-15(17)12(8-11)10-16-13-4-3-5-14(9-13)18-2;1-10-5-6-14(17)11(7-10)9-16-13-4-2-3-12(15)8-13;1-10-5-6-14(17)11(7-10)9-15-12-3-2-4-13(16)8-12;1-10-6-7-13(16)11(8-10)9-15-12-4-2-3-5-14(12)17/h2*3-9,17-18H,10H2,1-2H3;3-9,16-17H,10H2,1-2H3;2-8,16-17H,9H2,1H3;2*2-8,15-17H,9H2,1H3. The van der Waals surface area contributed by atoms with Gasteiger partial charge in [-0.05, 0) is 163 Å².